The summed E-state index contributed by atoms with van der Waals surface area (Å²) in [7, 11) is 0. The van der Waals surface area contributed by atoms with E-state index in [1.165, 1.54) is 22.3 Å². The van der Waals surface area contributed by atoms with E-state index in [0.717, 1.165) is 0 Å². The van der Waals surface area contributed by atoms with Crippen LogP contribution in [0.2, 0.25) is 9.36 Å². The number of amides is 2. The van der Waals surface area contributed by atoms with Gasteiger partial charge in [0, 0.05) is 9.90 Å². The van der Waals surface area contributed by atoms with E-state index >= 15 is 0 Å². The Morgan fingerprint density at radius 2 is 1.96 bits per heavy atom. The van der Waals surface area contributed by atoms with Gasteiger partial charge in [0.05, 0.1) is 10.0 Å². The Bertz CT molecular complexity index is 861. The maximum Gasteiger partial charge on any atom is 0.270 e. The molecule has 4 nitrogen and oxygen atoms in total. The fourth-order valence-electron chi connectivity index (χ4n) is 2.06. The topological polar surface area (TPSA) is 49.4 Å². The van der Waals surface area contributed by atoms with Crippen molar-refractivity contribution in [2.45, 2.75) is 0 Å². The van der Waals surface area contributed by atoms with Crippen LogP contribution in [-0.2, 0) is 9.59 Å². The lowest BCUT2D eigenvalue weighted by molar-refractivity contribution is -0.122. The van der Waals surface area contributed by atoms with Gasteiger partial charge < -0.3 is 0 Å². The van der Waals surface area contributed by atoms with E-state index < -0.39 is 11.8 Å². The predicted octanol–water partition coefficient (Wildman–Crippen LogP) is 3.89. The van der Waals surface area contributed by atoms with Crippen LogP contribution in [0, 0.1) is 0 Å². The Kier molecular flexibility index (Phi) is 4.50. The molecular weight excluding hydrogens is 375 g/mol. The number of nitrogens with zero attached hydrogens (tertiary/aromatic N) is 1. The molecule has 0 atom stereocenters. The molecule has 23 heavy (non-hydrogen) atoms. The third-order valence-corrected chi connectivity index (χ3v) is 4.75. The summed E-state index contributed by atoms with van der Waals surface area (Å²) in [6, 6.07) is 10.1. The molecule has 0 saturated carbocycles. The molecule has 1 N–H and O–H groups in total. The summed E-state index contributed by atoms with van der Waals surface area (Å²) in [4.78, 5) is 26.7. The van der Waals surface area contributed by atoms with Crippen molar-refractivity contribution in [1.29, 1.82) is 0 Å². The van der Waals surface area contributed by atoms with Crippen molar-refractivity contribution < 1.29 is 9.59 Å². The fraction of sp³-hybridized carbons (Fsp3) is 0. The normalized spacial score (nSPS) is 16.9. The van der Waals surface area contributed by atoms with E-state index in [9.17, 15) is 9.59 Å². The van der Waals surface area contributed by atoms with E-state index in [0.29, 0.717) is 19.9 Å². The summed E-state index contributed by atoms with van der Waals surface area (Å²) in [6.45, 7) is 0. The molecular formula is C15H8Cl2N2O2S2. The fourth-order valence-corrected chi connectivity index (χ4v) is 3.53. The number of anilines is 1. The summed E-state index contributed by atoms with van der Waals surface area (Å²) in [5, 5.41) is 2.99. The van der Waals surface area contributed by atoms with Gasteiger partial charge in [-0.3, -0.25) is 19.8 Å². The van der Waals surface area contributed by atoms with Crippen molar-refractivity contribution >= 4 is 75.4 Å². The summed E-state index contributed by atoms with van der Waals surface area (Å²) in [5.41, 5.74) is 0.472. The largest absolute Gasteiger partial charge is 0.298 e. The first-order chi connectivity index (χ1) is 11.0. The number of thiocarbonyl (C=S) groups is 1. The number of hydrogen-bond donors (Lipinski definition) is 1. The first-order valence-electron chi connectivity index (χ1n) is 6.38. The number of thiophene rings is 1. The summed E-state index contributed by atoms with van der Waals surface area (Å²) in [5.74, 6) is -1.05. The van der Waals surface area contributed by atoms with Gasteiger partial charge in [-0.15, -0.1) is 11.3 Å². The molecule has 1 aromatic heterocycles. The first kappa shape index (κ1) is 16.1. The van der Waals surface area contributed by atoms with Crippen LogP contribution < -0.4 is 10.2 Å². The average molecular weight is 383 g/mol. The second-order valence-corrected chi connectivity index (χ2v) is 7.15. The van der Waals surface area contributed by atoms with Crippen molar-refractivity contribution in [2.75, 3.05) is 4.90 Å². The van der Waals surface area contributed by atoms with Crippen LogP contribution in [0.25, 0.3) is 6.08 Å². The number of carbonyl (C=O) groups is 2. The maximum absolute atomic E-state index is 12.7. The Morgan fingerprint density at radius 1 is 1.17 bits per heavy atom. The zero-order chi connectivity index (χ0) is 16.6. The molecule has 0 radical (unpaired) electrons. The van der Waals surface area contributed by atoms with E-state index in [4.69, 9.17) is 35.4 Å². The molecule has 3 rings (SSSR count). The predicted molar refractivity (Wildman–Crippen MR) is 97.0 cm³/mol. The Balaban J connectivity index is 2.02. The highest BCUT2D eigenvalue weighted by Crippen LogP contribution is 2.27. The van der Waals surface area contributed by atoms with E-state index in [1.54, 1.807) is 36.4 Å². The number of hydrogen-bond acceptors (Lipinski definition) is 4. The van der Waals surface area contributed by atoms with Crippen LogP contribution in [0.5, 0.6) is 0 Å². The molecule has 1 aliphatic heterocycles. The summed E-state index contributed by atoms with van der Waals surface area (Å²) in [6.07, 6.45) is 1.49. The second-order valence-electron chi connectivity index (χ2n) is 4.58. The van der Waals surface area contributed by atoms with Crippen molar-refractivity contribution in [3.8, 4) is 0 Å². The second kappa shape index (κ2) is 6.41. The maximum atomic E-state index is 12.7. The summed E-state index contributed by atoms with van der Waals surface area (Å²) < 4.78 is 0.572. The number of benzene rings is 1. The van der Waals surface area contributed by atoms with Crippen LogP contribution in [0.15, 0.2) is 42.0 Å². The minimum atomic E-state index is -0.539. The van der Waals surface area contributed by atoms with Crippen LogP contribution >= 0.6 is 46.8 Å². The standard InChI is InChI=1S/C15H8Cl2N2O2S2/c16-8-2-1-3-9(6-8)19-14(21)11(13(20)18-15(19)22)7-10-4-5-12(17)23-10/h1-7H,(H,18,20,22)/b11-7+. The number of rotatable bonds is 2. The first-order valence-corrected chi connectivity index (χ1v) is 8.36. The van der Waals surface area contributed by atoms with Crippen LogP contribution in [-0.4, -0.2) is 16.9 Å². The van der Waals surface area contributed by atoms with Gasteiger partial charge in [0.2, 0.25) is 0 Å². The zero-order valence-electron chi connectivity index (χ0n) is 11.4. The monoisotopic (exact) mass is 382 g/mol. The SMILES string of the molecule is O=C1NC(=S)N(c2cccc(Cl)c2)C(=O)/C1=C/c1ccc(Cl)s1. The molecule has 1 saturated heterocycles. The van der Waals surface area contributed by atoms with Crippen molar-refractivity contribution in [1.82, 2.24) is 5.32 Å². The lowest BCUT2D eigenvalue weighted by Crippen LogP contribution is -2.54. The number of nitrogens with one attached hydrogen (secondary N) is 1. The summed E-state index contributed by atoms with van der Waals surface area (Å²) >= 11 is 18.2. The molecule has 8 heteroatoms. The molecule has 1 fully saturated rings. The van der Waals surface area contributed by atoms with Crippen LogP contribution in [0.1, 0.15) is 4.88 Å². The molecule has 2 heterocycles. The van der Waals surface area contributed by atoms with Gasteiger partial charge in [-0.05, 0) is 48.6 Å². The smallest absolute Gasteiger partial charge is 0.270 e. The van der Waals surface area contributed by atoms with Gasteiger partial charge in [0.15, 0.2) is 5.11 Å². The molecule has 0 spiro atoms. The van der Waals surface area contributed by atoms with Gasteiger partial charge in [-0.2, -0.15) is 0 Å². The minimum Gasteiger partial charge on any atom is -0.298 e. The average Bonchev–Trinajstić information content (AvgIpc) is 2.89. The van der Waals surface area contributed by atoms with Crippen molar-refractivity contribution in [3.63, 3.8) is 0 Å². The van der Waals surface area contributed by atoms with Gasteiger partial charge in [0.1, 0.15) is 5.57 Å². The van der Waals surface area contributed by atoms with Gasteiger partial charge >= 0.3 is 0 Å². The van der Waals surface area contributed by atoms with Gasteiger partial charge in [0.25, 0.3) is 11.8 Å². The molecule has 0 aliphatic carbocycles. The Labute approximate surface area is 151 Å². The Hall–Kier alpha value is -1.73. The molecule has 0 bridgehead atoms. The molecule has 1 aliphatic rings. The van der Waals surface area contributed by atoms with E-state index in [2.05, 4.69) is 5.32 Å². The van der Waals surface area contributed by atoms with Crippen molar-refractivity contribution in [2.24, 2.45) is 0 Å². The lowest BCUT2D eigenvalue weighted by atomic mass is 10.1. The third kappa shape index (κ3) is 3.30. The zero-order valence-corrected chi connectivity index (χ0v) is 14.5. The van der Waals surface area contributed by atoms with Gasteiger partial charge in [-0.25, -0.2) is 0 Å². The highest BCUT2D eigenvalue weighted by atomic mass is 35.5. The minimum absolute atomic E-state index is 0.0166. The third-order valence-electron chi connectivity index (χ3n) is 3.05. The molecule has 2 amide bonds. The highest BCUT2D eigenvalue weighted by Gasteiger charge is 2.34. The highest BCUT2D eigenvalue weighted by molar-refractivity contribution is 7.80. The van der Waals surface area contributed by atoms with Crippen LogP contribution in [0.3, 0.4) is 0 Å². The lowest BCUT2D eigenvalue weighted by Gasteiger charge is -2.28. The van der Waals surface area contributed by atoms with E-state index in [-0.39, 0.29) is 10.7 Å². The van der Waals surface area contributed by atoms with Crippen molar-refractivity contribution in [3.05, 3.63) is 56.2 Å². The number of halogens is 2. The van der Waals surface area contributed by atoms with Gasteiger partial charge in [-0.1, -0.05) is 29.3 Å². The quantitative estimate of drug-likeness (QED) is 0.486. The Morgan fingerprint density at radius 3 is 2.61 bits per heavy atom. The van der Waals surface area contributed by atoms with Crippen LogP contribution in [0.4, 0.5) is 5.69 Å². The number of carbonyl (C=O) groups excluding carboxylic acids is 2. The van der Waals surface area contributed by atoms with E-state index in [1.807, 2.05) is 0 Å². The molecule has 0 unspecified atom stereocenters. The molecule has 116 valence electrons. The molecule has 1 aromatic carbocycles. The molecule has 2 aromatic rings.